The minimum atomic E-state index is -0.761. The van der Waals surface area contributed by atoms with Gasteiger partial charge >= 0.3 is 12.2 Å². The van der Waals surface area contributed by atoms with E-state index in [0.29, 0.717) is 57.1 Å². The topological polar surface area (TPSA) is 111 Å². The van der Waals surface area contributed by atoms with Gasteiger partial charge in [-0.2, -0.15) is 4.79 Å². The number of morpholine rings is 1. The summed E-state index contributed by atoms with van der Waals surface area (Å²) in [6.45, 7) is 8.04. The first-order chi connectivity index (χ1) is 16.5. The van der Waals surface area contributed by atoms with Gasteiger partial charge in [0.05, 0.1) is 37.7 Å². The summed E-state index contributed by atoms with van der Waals surface area (Å²) in [6.07, 6.45) is -0.824. The maximum atomic E-state index is 14.9. The van der Waals surface area contributed by atoms with Gasteiger partial charge in [0.1, 0.15) is 18.0 Å². The number of carbonyl (C=O) groups is 3. The van der Waals surface area contributed by atoms with Crippen molar-refractivity contribution in [2.24, 2.45) is 5.73 Å². The number of halogens is 1. The molecule has 0 saturated carbocycles. The summed E-state index contributed by atoms with van der Waals surface area (Å²) in [4.78, 5) is 41.5. The molecule has 1 aromatic carbocycles. The van der Waals surface area contributed by atoms with Crippen LogP contribution in [0.25, 0.3) is 0 Å². The first kappa shape index (κ1) is 25.2. The van der Waals surface area contributed by atoms with E-state index < -0.39 is 41.7 Å². The van der Waals surface area contributed by atoms with Crippen LogP contribution in [0.2, 0.25) is 0 Å². The molecule has 4 rings (SSSR count). The van der Waals surface area contributed by atoms with Gasteiger partial charge in [0, 0.05) is 25.9 Å². The minimum Gasteiger partial charge on any atom is -0.438 e. The van der Waals surface area contributed by atoms with E-state index in [1.165, 1.54) is 11.0 Å². The highest BCUT2D eigenvalue weighted by molar-refractivity contribution is 5.90. The second-order valence-electron chi connectivity index (χ2n) is 10.3. The summed E-state index contributed by atoms with van der Waals surface area (Å²) in [5.41, 5.74) is 5.71. The molecule has 35 heavy (non-hydrogen) atoms. The molecule has 192 valence electrons. The van der Waals surface area contributed by atoms with E-state index in [9.17, 15) is 18.8 Å². The molecule has 3 heterocycles. The van der Waals surface area contributed by atoms with Gasteiger partial charge in [-0.3, -0.25) is 9.69 Å². The van der Waals surface area contributed by atoms with Crippen molar-refractivity contribution in [2.75, 3.05) is 55.7 Å². The van der Waals surface area contributed by atoms with Gasteiger partial charge in [-0.05, 0) is 39.0 Å². The fourth-order valence-corrected chi connectivity index (χ4v) is 5.14. The Balaban J connectivity index is 1.52. The van der Waals surface area contributed by atoms with Crippen molar-refractivity contribution in [1.82, 2.24) is 0 Å². The molecule has 0 spiro atoms. The summed E-state index contributed by atoms with van der Waals surface area (Å²) in [7, 11) is 0. The number of benzene rings is 1. The molecule has 3 amide bonds. The molecule has 3 saturated heterocycles. The van der Waals surface area contributed by atoms with E-state index in [1.54, 1.807) is 32.9 Å². The molecular formula is C24H34FN4O6+. The van der Waals surface area contributed by atoms with Gasteiger partial charge in [-0.25, -0.2) is 13.7 Å². The van der Waals surface area contributed by atoms with Gasteiger partial charge in [0.2, 0.25) is 0 Å². The maximum Gasteiger partial charge on any atom is 0.517 e. The van der Waals surface area contributed by atoms with Crippen LogP contribution < -0.4 is 15.5 Å². The highest BCUT2D eigenvalue weighted by Gasteiger charge is 2.56. The largest absolute Gasteiger partial charge is 0.517 e. The van der Waals surface area contributed by atoms with Gasteiger partial charge in [-0.15, -0.1) is 0 Å². The third-order valence-electron chi connectivity index (χ3n) is 6.72. The van der Waals surface area contributed by atoms with E-state index >= 15 is 0 Å². The van der Waals surface area contributed by atoms with Crippen molar-refractivity contribution >= 4 is 29.5 Å². The number of nitrogens with zero attached hydrogens (tertiary/aromatic N) is 3. The van der Waals surface area contributed by atoms with Crippen molar-refractivity contribution in [2.45, 2.75) is 51.4 Å². The predicted octanol–water partition coefficient (Wildman–Crippen LogP) is 2.39. The molecule has 0 bridgehead atoms. The van der Waals surface area contributed by atoms with Crippen molar-refractivity contribution < 1.29 is 37.5 Å². The fraction of sp³-hybridized carbons (Fsp3) is 0.625. The summed E-state index contributed by atoms with van der Waals surface area (Å²) in [5.74, 6) is -1.03. The van der Waals surface area contributed by atoms with Crippen LogP contribution in [0.1, 0.15) is 33.6 Å². The minimum absolute atomic E-state index is 0.0547. The molecule has 0 aliphatic carbocycles. The fourth-order valence-electron chi connectivity index (χ4n) is 5.14. The number of nitrogens with two attached hydrogens (primary N) is 1. The molecule has 11 heteroatoms. The highest BCUT2D eigenvalue weighted by atomic mass is 19.1. The Kier molecular flexibility index (Phi) is 6.92. The lowest BCUT2D eigenvalue weighted by molar-refractivity contribution is -0.864. The Labute approximate surface area is 204 Å². The normalized spacial score (nSPS) is 27.1. The van der Waals surface area contributed by atoms with Gasteiger partial charge in [0.15, 0.2) is 12.1 Å². The first-order valence-corrected chi connectivity index (χ1v) is 12.0. The zero-order chi connectivity index (χ0) is 25.4. The number of rotatable bonds is 5. The van der Waals surface area contributed by atoms with Crippen molar-refractivity contribution in [3.63, 3.8) is 0 Å². The molecule has 0 aromatic heterocycles. The molecule has 10 nitrogen and oxygen atoms in total. The SMILES string of the molecule is CC(C)(C)OC(=O)[N+]1(CC2CN(c3ccc(N4CCOCC4)c(F)c3)C(=O)O2)CCCC1C(N)=O. The van der Waals surface area contributed by atoms with Crippen LogP contribution in [-0.4, -0.2) is 86.3 Å². The Morgan fingerprint density at radius 1 is 1.26 bits per heavy atom. The quantitative estimate of drug-likeness (QED) is 0.627. The summed E-state index contributed by atoms with van der Waals surface area (Å²) >= 11 is 0. The number of likely N-dealkylation sites (tertiary alicyclic amines) is 1. The lowest BCUT2D eigenvalue weighted by Crippen LogP contribution is -2.64. The molecule has 1 aromatic rings. The second kappa shape index (κ2) is 9.62. The van der Waals surface area contributed by atoms with Gasteiger partial charge in [0.25, 0.3) is 5.91 Å². The van der Waals surface area contributed by atoms with E-state index in [1.807, 2.05) is 4.90 Å². The van der Waals surface area contributed by atoms with Gasteiger partial charge in [-0.1, -0.05) is 0 Å². The van der Waals surface area contributed by atoms with E-state index in [4.69, 9.17) is 19.9 Å². The Hall–Kier alpha value is -2.92. The number of hydrogen-bond acceptors (Lipinski definition) is 7. The summed E-state index contributed by atoms with van der Waals surface area (Å²) in [6, 6.07) is 3.88. The molecule has 0 radical (unpaired) electrons. The molecular weight excluding hydrogens is 459 g/mol. The molecule has 3 unspecified atom stereocenters. The third kappa shape index (κ3) is 5.20. The molecule has 2 N–H and O–H groups in total. The number of anilines is 2. The number of amides is 3. The molecule has 3 fully saturated rings. The number of quaternary nitrogens is 1. The zero-order valence-corrected chi connectivity index (χ0v) is 20.5. The number of carbonyl (C=O) groups excluding carboxylic acids is 3. The average Bonchev–Trinajstić information content (AvgIpc) is 3.37. The van der Waals surface area contributed by atoms with Crippen LogP contribution in [0, 0.1) is 5.82 Å². The van der Waals surface area contributed by atoms with E-state index in [2.05, 4.69) is 0 Å². The van der Waals surface area contributed by atoms with E-state index in [0.717, 1.165) is 0 Å². The Morgan fingerprint density at radius 3 is 2.60 bits per heavy atom. The molecule has 3 atom stereocenters. The van der Waals surface area contributed by atoms with E-state index in [-0.39, 0.29) is 17.6 Å². The monoisotopic (exact) mass is 493 g/mol. The van der Waals surface area contributed by atoms with Crippen molar-refractivity contribution in [1.29, 1.82) is 0 Å². The van der Waals surface area contributed by atoms with Crippen LogP contribution in [0.15, 0.2) is 18.2 Å². The van der Waals surface area contributed by atoms with Crippen LogP contribution in [-0.2, 0) is 19.0 Å². The van der Waals surface area contributed by atoms with Crippen LogP contribution in [0.3, 0.4) is 0 Å². The molecule has 3 aliphatic heterocycles. The number of ether oxygens (including phenoxy) is 3. The van der Waals surface area contributed by atoms with Crippen molar-refractivity contribution in [3.05, 3.63) is 24.0 Å². The summed E-state index contributed by atoms with van der Waals surface area (Å²) < 4.78 is 31.2. The van der Waals surface area contributed by atoms with Crippen LogP contribution in [0.4, 0.5) is 25.4 Å². The first-order valence-electron chi connectivity index (χ1n) is 12.0. The third-order valence-corrected chi connectivity index (χ3v) is 6.72. The lowest BCUT2D eigenvalue weighted by atomic mass is 10.1. The Bertz CT molecular complexity index is 993. The predicted molar refractivity (Wildman–Crippen MR) is 125 cm³/mol. The van der Waals surface area contributed by atoms with Crippen LogP contribution >= 0.6 is 0 Å². The maximum absolute atomic E-state index is 14.9. The Morgan fingerprint density at radius 2 is 1.97 bits per heavy atom. The standard InChI is InChI=1S/C24H33FN4O6/c1-24(2,3)35-23(32)29(10-4-5-20(29)21(26)30)15-17-14-28(22(31)34-17)16-6-7-19(18(25)13-16)27-8-11-33-12-9-27/h6-7,13,17,20H,4-5,8-12,14-15H2,1-3H3,(H-,26,30)/p+1. The van der Waals surface area contributed by atoms with Crippen LogP contribution in [0.5, 0.6) is 0 Å². The lowest BCUT2D eigenvalue weighted by Gasteiger charge is -2.37. The zero-order valence-electron chi connectivity index (χ0n) is 20.5. The average molecular weight is 494 g/mol. The smallest absolute Gasteiger partial charge is 0.438 e. The highest BCUT2D eigenvalue weighted by Crippen LogP contribution is 2.34. The number of cyclic esters (lactones) is 1. The number of primary amides is 1. The van der Waals surface area contributed by atoms with Crippen molar-refractivity contribution in [3.8, 4) is 0 Å². The summed E-state index contributed by atoms with van der Waals surface area (Å²) in [5, 5.41) is 0. The molecule has 3 aliphatic rings. The van der Waals surface area contributed by atoms with Gasteiger partial charge < -0.3 is 24.8 Å². The second-order valence-corrected chi connectivity index (χ2v) is 10.3. The number of hydrogen-bond donors (Lipinski definition) is 1.